The van der Waals surface area contributed by atoms with Crippen molar-refractivity contribution in [2.45, 2.75) is 24.9 Å². The second-order valence-corrected chi connectivity index (χ2v) is 9.44. The predicted octanol–water partition coefficient (Wildman–Crippen LogP) is 3.93. The maximum atomic E-state index is 13.6. The van der Waals surface area contributed by atoms with E-state index in [4.69, 9.17) is 0 Å². The number of rotatable bonds is 8. The molecule has 0 heterocycles. The van der Waals surface area contributed by atoms with Gasteiger partial charge in [-0.15, -0.1) is 0 Å². The van der Waals surface area contributed by atoms with Crippen molar-refractivity contribution in [2.24, 2.45) is 0 Å². The lowest BCUT2D eigenvalue weighted by molar-refractivity contribution is 0.0951. The Morgan fingerprint density at radius 1 is 0.969 bits per heavy atom. The highest BCUT2D eigenvalue weighted by Crippen LogP contribution is 2.21. The molecule has 1 amide bonds. The van der Waals surface area contributed by atoms with Gasteiger partial charge in [-0.05, 0) is 68.0 Å². The largest absolute Gasteiger partial charge is 0.348 e. The van der Waals surface area contributed by atoms with Crippen LogP contribution in [0.4, 0.5) is 10.1 Å². The van der Waals surface area contributed by atoms with E-state index in [1.807, 2.05) is 38.4 Å². The number of hydrogen-bond donors (Lipinski definition) is 2. The Balaban J connectivity index is 1.74. The van der Waals surface area contributed by atoms with Crippen LogP contribution in [0.2, 0.25) is 0 Å². The number of sulfonamides is 1. The number of benzene rings is 3. The molecule has 0 spiro atoms. The molecule has 3 aromatic rings. The first kappa shape index (κ1) is 23.4. The average molecular weight is 456 g/mol. The van der Waals surface area contributed by atoms with Crippen molar-refractivity contribution < 1.29 is 17.6 Å². The summed E-state index contributed by atoms with van der Waals surface area (Å²) >= 11 is 0. The standard InChI is InChI=1S/C24H26FN3O3S/c1-17-11-12-21(25)14-23(17)32(30,31)27-22-10-6-9-18(13-22)24(29)26-15-19-7-4-5-8-20(19)16-28(2)3/h4-14,27H,15-16H2,1-3H3,(H,26,29). The second-order valence-electron chi connectivity index (χ2n) is 7.79. The molecule has 8 heteroatoms. The van der Waals surface area contributed by atoms with Crippen LogP contribution in [0.1, 0.15) is 27.0 Å². The number of amides is 1. The molecule has 32 heavy (non-hydrogen) atoms. The summed E-state index contributed by atoms with van der Waals surface area (Å²) in [4.78, 5) is 14.6. The fourth-order valence-electron chi connectivity index (χ4n) is 3.30. The smallest absolute Gasteiger partial charge is 0.262 e. The van der Waals surface area contributed by atoms with Crippen molar-refractivity contribution >= 4 is 21.6 Å². The fraction of sp³-hybridized carbons (Fsp3) is 0.208. The molecule has 3 aromatic carbocycles. The van der Waals surface area contributed by atoms with Gasteiger partial charge in [-0.25, -0.2) is 12.8 Å². The Labute approximate surface area is 188 Å². The van der Waals surface area contributed by atoms with E-state index in [1.165, 1.54) is 24.3 Å². The van der Waals surface area contributed by atoms with Gasteiger partial charge >= 0.3 is 0 Å². The minimum absolute atomic E-state index is 0.148. The molecule has 0 saturated heterocycles. The van der Waals surface area contributed by atoms with Crippen LogP contribution in [0, 0.1) is 12.7 Å². The van der Waals surface area contributed by atoms with Crippen LogP contribution in [0.15, 0.2) is 71.6 Å². The maximum Gasteiger partial charge on any atom is 0.262 e. The van der Waals surface area contributed by atoms with Crippen molar-refractivity contribution in [1.82, 2.24) is 10.2 Å². The molecular formula is C24H26FN3O3S. The number of aryl methyl sites for hydroxylation is 1. The minimum Gasteiger partial charge on any atom is -0.348 e. The van der Waals surface area contributed by atoms with Crippen LogP contribution in [0.25, 0.3) is 0 Å². The van der Waals surface area contributed by atoms with E-state index in [0.717, 1.165) is 23.7 Å². The molecule has 2 N–H and O–H groups in total. The zero-order valence-corrected chi connectivity index (χ0v) is 19.0. The Kier molecular flexibility index (Phi) is 7.27. The van der Waals surface area contributed by atoms with Crippen molar-refractivity contribution in [3.63, 3.8) is 0 Å². The Bertz CT molecular complexity index is 1230. The van der Waals surface area contributed by atoms with Gasteiger partial charge in [0.2, 0.25) is 0 Å². The monoisotopic (exact) mass is 455 g/mol. The maximum absolute atomic E-state index is 13.6. The highest BCUT2D eigenvalue weighted by molar-refractivity contribution is 7.92. The van der Waals surface area contributed by atoms with Crippen molar-refractivity contribution in [3.8, 4) is 0 Å². The predicted molar refractivity (Wildman–Crippen MR) is 123 cm³/mol. The lowest BCUT2D eigenvalue weighted by Crippen LogP contribution is -2.24. The highest BCUT2D eigenvalue weighted by Gasteiger charge is 2.18. The summed E-state index contributed by atoms with van der Waals surface area (Å²) in [5.41, 5.74) is 3.07. The summed E-state index contributed by atoms with van der Waals surface area (Å²) in [6, 6.07) is 17.6. The number of nitrogens with one attached hydrogen (secondary N) is 2. The van der Waals surface area contributed by atoms with Crippen LogP contribution in [-0.4, -0.2) is 33.3 Å². The molecule has 0 aromatic heterocycles. The van der Waals surface area contributed by atoms with E-state index >= 15 is 0 Å². The molecule has 0 bridgehead atoms. The molecule has 0 unspecified atom stereocenters. The summed E-state index contributed by atoms with van der Waals surface area (Å²) in [6.45, 7) is 2.69. The molecule has 0 saturated carbocycles. The SMILES string of the molecule is Cc1ccc(F)cc1S(=O)(=O)Nc1cccc(C(=O)NCc2ccccc2CN(C)C)c1. The van der Waals surface area contributed by atoms with Crippen LogP contribution in [0.3, 0.4) is 0 Å². The number of nitrogens with zero attached hydrogens (tertiary/aromatic N) is 1. The molecule has 6 nitrogen and oxygen atoms in total. The molecule has 168 valence electrons. The van der Waals surface area contributed by atoms with Gasteiger partial charge in [0.05, 0.1) is 4.90 Å². The van der Waals surface area contributed by atoms with Gasteiger partial charge in [0.25, 0.3) is 15.9 Å². The molecule has 0 aliphatic heterocycles. The van der Waals surface area contributed by atoms with Gasteiger partial charge in [0.15, 0.2) is 0 Å². The van der Waals surface area contributed by atoms with Gasteiger partial charge in [0, 0.05) is 24.3 Å². The van der Waals surface area contributed by atoms with Crippen LogP contribution < -0.4 is 10.0 Å². The van der Waals surface area contributed by atoms with Crippen molar-refractivity contribution in [1.29, 1.82) is 0 Å². The summed E-state index contributed by atoms with van der Waals surface area (Å²) < 4.78 is 41.4. The van der Waals surface area contributed by atoms with E-state index in [-0.39, 0.29) is 16.5 Å². The van der Waals surface area contributed by atoms with Crippen molar-refractivity contribution in [3.05, 3.63) is 94.8 Å². The van der Waals surface area contributed by atoms with Gasteiger partial charge in [0.1, 0.15) is 5.82 Å². The number of halogens is 1. The third-order valence-corrected chi connectivity index (χ3v) is 6.38. The highest BCUT2D eigenvalue weighted by atomic mass is 32.2. The third-order valence-electron chi connectivity index (χ3n) is 4.86. The van der Waals surface area contributed by atoms with E-state index in [9.17, 15) is 17.6 Å². The van der Waals surface area contributed by atoms with Crippen LogP contribution in [0.5, 0.6) is 0 Å². The number of carbonyl (C=O) groups excluding carboxylic acids is 1. The van der Waals surface area contributed by atoms with Gasteiger partial charge in [-0.3, -0.25) is 9.52 Å². The van der Waals surface area contributed by atoms with Crippen LogP contribution >= 0.6 is 0 Å². The van der Waals surface area contributed by atoms with E-state index in [1.54, 1.807) is 19.1 Å². The average Bonchev–Trinajstić information content (AvgIpc) is 2.74. The van der Waals surface area contributed by atoms with Gasteiger partial charge < -0.3 is 10.2 Å². The summed E-state index contributed by atoms with van der Waals surface area (Å²) in [6.07, 6.45) is 0. The van der Waals surface area contributed by atoms with Crippen LogP contribution in [-0.2, 0) is 23.1 Å². The number of anilines is 1. The molecule has 0 fully saturated rings. The minimum atomic E-state index is -4.01. The normalized spacial score (nSPS) is 11.4. The summed E-state index contributed by atoms with van der Waals surface area (Å²) in [5, 5.41) is 2.88. The summed E-state index contributed by atoms with van der Waals surface area (Å²) in [7, 11) is -0.0490. The van der Waals surface area contributed by atoms with Gasteiger partial charge in [-0.1, -0.05) is 36.4 Å². The molecular weight excluding hydrogens is 429 g/mol. The topological polar surface area (TPSA) is 78.5 Å². The van der Waals surface area contributed by atoms with Gasteiger partial charge in [-0.2, -0.15) is 0 Å². The fourth-order valence-corrected chi connectivity index (χ4v) is 4.61. The molecule has 0 aliphatic rings. The third kappa shape index (κ3) is 5.93. The number of hydrogen-bond acceptors (Lipinski definition) is 4. The lowest BCUT2D eigenvalue weighted by atomic mass is 10.1. The van der Waals surface area contributed by atoms with E-state index < -0.39 is 15.8 Å². The van der Waals surface area contributed by atoms with E-state index in [0.29, 0.717) is 17.7 Å². The Morgan fingerprint density at radius 3 is 2.41 bits per heavy atom. The Hall–Kier alpha value is -3.23. The molecule has 0 aliphatic carbocycles. The first-order chi connectivity index (χ1) is 15.2. The van der Waals surface area contributed by atoms with Crippen molar-refractivity contribution in [2.75, 3.05) is 18.8 Å². The zero-order chi connectivity index (χ0) is 23.3. The molecule has 0 atom stereocenters. The summed E-state index contributed by atoms with van der Waals surface area (Å²) in [5.74, 6) is -0.966. The molecule has 0 radical (unpaired) electrons. The Morgan fingerprint density at radius 2 is 1.69 bits per heavy atom. The molecule has 3 rings (SSSR count). The zero-order valence-electron chi connectivity index (χ0n) is 18.2. The lowest BCUT2D eigenvalue weighted by Gasteiger charge is -2.15. The first-order valence-corrected chi connectivity index (χ1v) is 11.5. The quantitative estimate of drug-likeness (QED) is 0.540. The number of carbonyl (C=O) groups is 1. The van der Waals surface area contributed by atoms with E-state index in [2.05, 4.69) is 14.9 Å². The first-order valence-electron chi connectivity index (χ1n) is 10.0. The second kappa shape index (κ2) is 9.93.